The molecule has 1 saturated heterocycles. The number of nitrogen functional groups attached to an aromatic ring is 1. The third kappa shape index (κ3) is 15.4. The van der Waals surface area contributed by atoms with Crippen molar-refractivity contribution >= 4 is 57.0 Å². The van der Waals surface area contributed by atoms with E-state index in [1.165, 1.54) is 23.5 Å². The van der Waals surface area contributed by atoms with Gasteiger partial charge in [0.2, 0.25) is 0 Å². The van der Waals surface area contributed by atoms with Crippen LogP contribution in [0.25, 0.3) is 0 Å². The summed E-state index contributed by atoms with van der Waals surface area (Å²) in [5, 5.41) is 30.9. The Bertz CT molecular complexity index is 1600. The van der Waals surface area contributed by atoms with E-state index in [1.54, 1.807) is 24.3 Å². The van der Waals surface area contributed by atoms with E-state index < -0.39 is 76.3 Å². The second-order valence-electron chi connectivity index (χ2n) is 9.78. The van der Waals surface area contributed by atoms with Gasteiger partial charge in [0.25, 0.3) is 10.1 Å². The number of carboxylic acid groups (broad SMARTS) is 3. The Labute approximate surface area is 276 Å². The van der Waals surface area contributed by atoms with Crippen LogP contribution < -0.4 is 10.5 Å². The summed E-state index contributed by atoms with van der Waals surface area (Å²) in [5.41, 5.74) is 5.91. The molecule has 2 heterocycles. The number of thiophene rings is 1. The second-order valence-corrected chi connectivity index (χ2v) is 12.4. The Balaban J connectivity index is 0.000000717. The van der Waals surface area contributed by atoms with Crippen molar-refractivity contribution in [1.82, 2.24) is 4.90 Å². The van der Waals surface area contributed by atoms with Crippen LogP contribution in [0.1, 0.15) is 39.4 Å². The number of ketones is 1. The molecule has 23 heteroatoms. The van der Waals surface area contributed by atoms with Crippen molar-refractivity contribution in [1.29, 1.82) is 5.41 Å². The monoisotopic (exact) mass is 751 g/mol. The van der Waals surface area contributed by atoms with Gasteiger partial charge in [-0.1, -0.05) is 0 Å². The number of carboxylic acids is 3. The maximum atomic E-state index is 12.8. The molecule has 272 valence electrons. The number of aliphatic carboxylic acids is 3. The summed E-state index contributed by atoms with van der Waals surface area (Å²) in [4.78, 5) is 57.4. The number of likely N-dealkylation sites (tertiary alicyclic amines) is 1. The van der Waals surface area contributed by atoms with Gasteiger partial charge in [-0.3, -0.25) is 24.5 Å². The van der Waals surface area contributed by atoms with Crippen molar-refractivity contribution in [3.63, 3.8) is 0 Å². The van der Waals surface area contributed by atoms with Crippen LogP contribution in [0.4, 0.5) is 26.3 Å². The zero-order valence-electron chi connectivity index (χ0n) is 24.5. The van der Waals surface area contributed by atoms with E-state index >= 15 is 0 Å². The Kier molecular flexibility index (Phi) is 15.3. The molecule has 2 aromatic rings. The van der Waals surface area contributed by atoms with Crippen molar-refractivity contribution < 1.29 is 83.3 Å². The normalized spacial score (nSPS) is 15.4. The first-order chi connectivity index (χ1) is 22.3. The third-order valence-corrected chi connectivity index (χ3v) is 7.90. The number of rotatable bonds is 11. The lowest BCUT2D eigenvalue weighted by atomic mass is 9.98. The second kappa shape index (κ2) is 17.7. The Morgan fingerprint density at radius 2 is 1.47 bits per heavy atom. The maximum Gasteiger partial charge on any atom is 0.490 e. The van der Waals surface area contributed by atoms with Gasteiger partial charge in [0, 0.05) is 23.4 Å². The minimum atomic E-state index is -5.08. The van der Waals surface area contributed by atoms with Gasteiger partial charge in [0.1, 0.15) is 16.5 Å². The molecule has 0 saturated carbocycles. The summed E-state index contributed by atoms with van der Waals surface area (Å²) in [6.45, 7) is 0.949. The van der Waals surface area contributed by atoms with Crippen LogP contribution in [-0.4, -0.2) is 99.4 Å². The first-order valence-electron chi connectivity index (χ1n) is 13.1. The zero-order valence-corrected chi connectivity index (χ0v) is 26.2. The highest BCUT2D eigenvalue weighted by molar-refractivity contribution is 7.85. The summed E-state index contributed by atoms with van der Waals surface area (Å²) in [5.74, 6) is -10.3. The smallest absolute Gasteiger partial charge is 0.481 e. The van der Waals surface area contributed by atoms with E-state index in [9.17, 15) is 54.3 Å². The fraction of sp³-hybridized carbons (Fsp3) is 0.385. The zero-order chi connectivity index (χ0) is 37.9. The molecule has 0 spiro atoms. The molecule has 0 radical (unpaired) electrons. The standard InChI is InChI=1S/C22H25N3O8S2.2C2HF3O2/c23-20(24)13-3-5-15(6-4-13)33-22(29)19-8-7-16(34-19)11-25-9-1-2-17(25)18(26)10-14(21(27)28)12-35(30,31)32;2*3-2(4,5)1(6)7/h3-8,14,17H,1-2,9-12H2,(H3,23,24)(H,27,28)(H,30,31,32);2*(H,6,7)/t14-,17+;;/m0../s1. The molecule has 1 fully saturated rings. The van der Waals surface area contributed by atoms with E-state index in [0.29, 0.717) is 42.1 Å². The predicted molar refractivity (Wildman–Crippen MR) is 155 cm³/mol. The summed E-state index contributed by atoms with van der Waals surface area (Å²) in [6, 6.07) is 9.01. The molecule has 1 aromatic heterocycles. The lowest BCUT2D eigenvalue weighted by Crippen LogP contribution is -2.38. The van der Waals surface area contributed by atoms with Gasteiger partial charge in [-0.05, 0) is 55.8 Å². The minimum Gasteiger partial charge on any atom is -0.481 e. The number of ether oxygens (including phenoxy) is 1. The molecule has 1 aliphatic rings. The van der Waals surface area contributed by atoms with E-state index in [2.05, 4.69) is 0 Å². The molecule has 1 aliphatic heterocycles. The first-order valence-corrected chi connectivity index (χ1v) is 15.5. The number of carbonyl (C=O) groups is 5. The largest absolute Gasteiger partial charge is 0.490 e. The topological polar surface area (TPSA) is 263 Å². The number of esters is 1. The number of carbonyl (C=O) groups excluding carboxylic acids is 2. The van der Waals surface area contributed by atoms with Crippen molar-refractivity contribution in [2.24, 2.45) is 11.7 Å². The van der Waals surface area contributed by atoms with Crippen LogP contribution in [0.2, 0.25) is 0 Å². The van der Waals surface area contributed by atoms with Crippen LogP contribution in [0.15, 0.2) is 36.4 Å². The van der Waals surface area contributed by atoms with Crippen LogP contribution in [0.5, 0.6) is 5.75 Å². The molecule has 1 aromatic carbocycles. The van der Waals surface area contributed by atoms with Crippen LogP contribution in [0.3, 0.4) is 0 Å². The average molecular weight is 752 g/mol. The van der Waals surface area contributed by atoms with Gasteiger partial charge in [0.15, 0.2) is 5.78 Å². The highest BCUT2D eigenvalue weighted by Crippen LogP contribution is 2.27. The van der Waals surface area contributed by atoms with Crippen LogP contribution in [-0.2, 0) is 35.8 Å². The third-order valence-electron chi connectivity index (χ3n) is 6.03. The molecule has 0 bridgehead atoms. The molecule has 15 nitrogen and oxygen atoms in total. The molecular weight excluding hydrogens is 724 g/mol. The summed E-state index contributed by atoms with van der Waals surface area (Å²) in [7, 11) is -4.54. The fourth-order valence-corrected chi connectivity index (χ4v) is 5.54. The summed E-state index contributed by atoms with van der Waals surface area (Å²) in [6.07, 6.45) is -9.45. The van der Waals surface area contributed by atoms with Gasteiger partial charge in [-0.15, -0.1) is 11.3 Å². The number of halogens is 6. The Morgan fingerprint density at radius 1 is 0.959 bits per heavy atom. The molecule has 0 aliphatic carbocycles. The molecule has 49 heavy (non-hydrogen) atoms. The lowest BCUT2D eigenvalue weighted by Gasteiger charge is -2.23. The Hall–Kier alpha value is -4.61. The van der Waals surface area contributed by atoms with Crippen molar-refractivity contribution in [3.05, 3.63) is 51.7 Å². The van der Waals surface area contributed by atoms with Gasteiger partial charge in [-0.25, -0.2) is 14.4 Å². The number of alkyl halides is 6. The number of nitrogens with zero attached hydrogens (tertiary/aromatic N) is 1. The summed E-state index contributed by atoms with van der Waals surface area (Å²) >= 11 is 1.21. The number of nitrogens with one attached hydrogen (secondary N) is 1. The SMILES string of the molecule is N=C(N)c1ccc(OC(=O)c2ccc(CN3CCC[C@@H]3C(=O)C[C@@H](CS(=O)(=O)O)C(=O)O)s2)cc1.O=C(O)C(F)(F)F.O=C(O)C(F)(F)F. The molecule has 7 N–H and O–H groups in total. The molecule has 0 amide bonds. The fourth-order valence-electron chi connectivity index (χ4n) is 3.86. The number of hydrogen-bond acceptors (Lipinski definition) is 11. The highest BCUT2D eigenvalue weighted by Gasteiger charge is 2.39. The van der Waals surface area contributed by atoms with Crippen molar-refractivity contribution in [3.8, 4) is 5.75 Å². The van der Waals surface area contributed by atoms with E-state index in [4.69, 9.17) is 40.2 Å². The Morgan fingerprint density at radius 3 is 1.90 bits per heavy atom. The van der Waals surface area contributed by atoms with E-state index in [0.717, 1.165) is 4.88 Å². The highest BCUT2D eigenvalue weighted by atomic mass is 32.2. The average Bonchev–Trinajstić information content (AvgIpc) is 3.62. The van der Waals surface area contributed by atoms with Gasteiger partial charge in [0.05, 0.1) is 17.7 Å². The van der Waals surface area contributed by atoms with Crippen molar-refractivity contribution in [2.75, 3.05) is 12.3 Å². The van der Waals surface area contributed by atoms with Gasteiger partial charge >= 0.3 is 36.2 Å². The molecule has 0 unspecified atom stereocenters. The van der Waals surface area contributed by atoms with Crippen molar-refractivity contribution in [2.45, 2.75) is 44.2 Å². The number of benzene rings is 1. The molecular formula is C26H27F6N3O12S2. The quantitative estimate of drug-likeness (QED) is 0.0482. The van der Waals surface area contributed by atoms with Crippen LogP contribution in [0, 0.1) is 11.3 Å². The molecule has 2 atom stereocenters. The van der Waals surface area contributed by atoms with E-state index in [1.807, 2.05) is 4.90 Å². The summed E-state index contributed by atoms with van der Waals surface area (Å²) < 4.78 is 100.0. The lowest BCUT2D eigenvalue weighted by molar-refractivity contribution is -0.193. The first kappa shape index (κ1) is 42.4. The predicted octanol–water partition coefficient (Wildman–Crippen LogP) is 3.03. The maximum absolute atomic E-state index is 12.8. The number of nitrogens with two attached hydrogens (primary N) is 1. The number of hydrogen-bond donors (Lipinski definition) is 6. The van der Waals surface area contributed by atoms with Gasteiger partial charge in [-0.2, -0.15) is 34.8 Å². The molecule has 3 rings (SSSR count). The van der Waals surface area contributed by atoms with Crippen LogP contribution >= 0.6 is 11.3 Å². The number of Topliss-reactive ketones (excluding diaryl/α,β-unsaturated/α-hetero) is 1. The minimum absolute atomic E-state index is 0.0959. The van der Waals surface area contributed by atoms with E-state index in [-0.39, 0.29) is 5.84 Å². The number of amidine groups is 1. The van der Waals surface area contributed by atoms with Gasteiger partial charge < -0.3 is 25.8 Å².